The second-order valence-electron chi connectivity index (χ2n) is 4.81. The minimum atomic E-state index is -0.110. The van der Waals surface area contributed by atoms with Gasteiger partial charge in [0.25, 0.3) is 5.91 Å². The molecule has 0 aliphatic carbocycles. The molecule has 0 fully saturated rings. The fraction of sp³-hybridized carbons (Fsp3) is 0.375. The zero-order chi connectivity index (χ0) is 14.5. The SMILES string of the molecule is CCC(CC)NC(=O)c1cc(NC)c2ccccc2n1. The highest BCUT2D eigenvalue weighted by molar-refractivity contribution is 5.99. The highest BCUT2D eigenvalue weighted by atomic mass is 16.1. The zero-order valence-corrected chi connectivity index (χ0v) is 12.2. The number of hydrogen-bond donors (Lipinski definition) is 2. The molecule has 106 valence electrons. The first kappa shape index (κ1) is 14.3. The van der Waals surface area contributed by atoms with E-state index in [0.29, 0.717) is 5.69 Å². The van der Waals surface area contributed by atoms with E-state index in [1.165, 1.54) is 0 Å². The third-order valence-corrected chi connectivity index (χ3v) is 3.54. The number of nitrogens with zero attached hydrogens (tertiary/aromatic N) is 1. The molecule has 0 aliphatic rings. The van der Waals surface area contributed by atoms with Crippen molar-refractivity contribution >= 4 is 22.5 Å². The molecule has 0 bridgehead atoms. The normalized spacial score (nSPS) is 10.8. The van der Waals surface area contributed by atoms with Crippen LogP contribution in [0.25, 0.3) is 10.9 Å². The van der Waals surface area contributed by atoms with Crippen molar-refractivity contribution in [2.45, 2.75) is 32.7 Å². The van der Waals surface area contributed by atoms with Crippen molar-refractivity contribution in [3.05, 3.63) is 36.0 Å². The van der Waals surface area contributed by atoms with E-state index in [0.717, 1.165) is 29.4 Å². The maximum atomic E-state index is 12.3. The first-order valence-electron chi connectivity index (χ1n) is 7.08. The van der Waals surface area contributed by atoms with E-state index in [2.05, 4.69) is 29.5 Å². The quantitative estimate of drug-likeness (QED) is 0.878. The number of benzene rings is 1. The molecule has 2 rings (SSSR count). The molecule has 1 amide bonds. The molecule has 0 saturated carbocycles. The van der Waals surface area contributed by atoms with Gasteiger partial charge in [-0.05, 0) is 25.0 Å². The Kier molecular flexibility index (Phi) is 4.56. The van der Waals surface area contributed by atoms with Crippen molar-refractivity contribution in [2.24, 2.45) is 0 Å². The van der Waals surface area contributed by atoms with Gasteiger partial charge in [0.2, 0.25) is 0 Å². The fourth-order valence-corrected chi connectivity index (χ4v) is 2.25. The number of rotatable bonds is 5. The molecule has 4 heteroatoms. The van der Waals surface area contributed by atoms with Gasteiger partial charge in [0.05, 0.1) is 5.52 Å². The summed E-state index contributed by atoms with van der Waals surface area (Å²) in [4.78, 5) is 16.7. The van der Waals surface area contributed by atoms with E-state index in [1.807, 2.05) is 31.3 Å². The lowest BCUT2D eigenvalue weighted by atomic mass is 10.1. The number of nitrogens with one attached hydrogen (secondary N) is 2. The standard InChI is InChI=1S/C16H21N3O/c1-4-11(5-2)18-16(20)15-10-14(17-3)12-8-6-7-9-13(12)19-15/h6-11H,4-5H2,1-3H3,(H,17,19)(H,18,20). The van der Waals surface area contributed by atoms with E-state index in [1.54, 1.807) is 6.07 Å². The van der Waals surface area contributed by atoms with Gasteiger partial charge >= 0.3 is 0 Å². The van der Waals surface area contributed by atoms with Crippen molar-refractivity contribution in [3.63, 3.8) is 0 Å². The number of fused-ring (bicyclic) bond motifs is 1. The summed E-state index contributed by atoms with van der Waals surface area (Å²) in [5.41, 5.74) is 2.21. The van der Waals surface area contributed by atoms with E-state index in [4.69, 9.17) is 0 Å². The molecule has 0 radical (unpaired) electrons. The third-order valence-electron chi connectivity index (χ3n) is 3.54. The monoisotopic (exact) mass is 271 g/mol. The highest BCUT2D eigenvalue weighted by Gasteiger charge is 2.14. The topological polar surface area (TPSA) is 54.0 Å². The number of carbonyl (C=O) groups excluding carboxylic acids is 1. The van der Waals surface area contributed by atoms with Crippen LogP contribution in [0.3, 0.4) is 0 Å². The van der Waals surface area contributed by atoms with Crippen LogP contribution < -0.4 is 10.6 Å². The van der Waals surface area contributed by atoms with Gasteiger partial charge in [-0.2, -0.15) is 0 Å². The van der Waals surface area contributed by atoms with E-state index >= 15 is 0 Å². The van der Waals surface area contributed by atoms with Gasteiger partial charge in [0.15, 0.2) is 0 Å². The summed E-state index contributed by atoms with van der Waals surface area (Å²) in [5, 5.41) is 7.17. The molecular formula is C16H21N3O. The van der Waals surface area contributed by atoms with Gasteiger partial charge in [-0.25, -0.2) is 4.98 Å². The largest absolute Gasteiger partial charge is 0.388 e. The van der Waals surface area contributed by atoms with Crippen LogP contribution in [0.2, 0.25) is 0 Å². The number of amides is 1. The van der Waals surface area contributed by atoms with Crippen LogP contribution in [-0.4, -0.2) is 24.0 Å². The maximum Gasteiger partial charge on any atom is 0.270 e. The van der Waals surface area contributed by atoms with Gasteiger partial charge in [-0.3, -0.25) is 4.79 Å². The molecule has 2 N–H and O–H groups in total. The summed E-state index contributed by atoms with van der Waals surface area (Å²) in [5.74, 6) is -0.110. The molecule has 1 aromatic carbocycles. The van der Waals surface area contributed by atoms with Crippen LogP contribution in [0.5, 0.6) is 0 Å². The number of aromatic nitrogens is 1. The van der Waals surface area contributed by atoms with Gasteiger partial charge < -0.3 is 10.6 Å². The zero-order valence-electron chi connectivity index (χ0n) is 12.2. The second-order valence-corrected chi connectivity index (χ2v) is 4.81. The summed E-state index contributed by atoms with van der Waals surface area (Å²) in [6.07, 6.45) is 1.85. The van der Waals surface area contributed by atoms with Crippen molar-refractivity contribution < 1.29 is 4.79 Å². The Labute approximate surface area is 119 Å². The third kappa shape index (κ3) is 2.90. The molecule has 0 aliphatic heterocycles. The first-order chi connectivity index (χ1) is 9.69. The number of pyridine rings is 1. The minimum absolute atomic E-state index is 0.110. The van der Waals surface area contributed by atoms with Gasteiger partial charge in [0.1, 0.15) is 5.69 Å². The predicted octanol–water partition coefficient (Wildman–Crippen LogP) is 3.19. The van der Waals surface area contributed by atoms with Crippen LogP contribution in [-0.2, 0) is 0 Å². The number of anilines is 1. The molecule has 1 heterocycles. The Hall–Kier alpha value is -2.10. The minimum Gasteiger partial charge on any atom is -0.388 e. The number of hydrogen-bond acceptors (Lipinski definition) is 3. The van der Waals surface area contributed by atoms with Crippen LogP contribution in [0.15, 0.2) is 30.3 Å². The predicted molar refractivity (Wildman–Crippen MR) is 83.1 cm³/mol. The van der Waals surface area contributed by atoms with E-state index < -0.39 is 0 Å². The number of carbonyl (C=O) groups is 1. The first-order valence-corrected chi connectivity index (χ1v) is 7.08. The smallest absolute Gasteiger partial charge is 0.270 e. The molecule has 0 unspecified atom stereocenters. The highest BCUT2D eigenvalue weighted by Crippen LogP contribution is 2.22. The van der Waals surface area contributed by atoms with Crippen molar-refractivity contribution in [1.82, 2.24) is 10.3 Å². The Morgan fingerprint density at radius 1 is 1.25 bits per heavy atom. The van der Waals surface area contributed by atoms with E-state index in [9.17, 15) is 4.79 Å². The summed E-state index contributed by atoms with van der Waals surface area (Å²) in [6, 6.07) is 9.82. The lowest BCUT2D eigenvalue weighted by Crippen LogP contribution is -2.34. The molecule has 1 aromatic heterocycles. The lowest BCUT2D eigenvalue weighted by molar-refractivity contribution is 0.0930. The van der Waals surface area contributed by atoms with Gasteiger partial charge in [0, 0.05) is 24.2 Å². The Balaban J connectivity index is 2.37. The van der Waals surface area contributed by atoms with Crippen LogP contribution in [0.4, 0.5) is 5.69 Å². The van der Waals surface area contributed by atoms with Crippen molar-refractivity contribution in [1.29, 1.82) is 0 Å². The fourth-order valence-electron chi connectivity index (χ4n) is 2.25. The lowest BCUT2D eigenvalue weighted by Gasteiger charge is -2.15. The molecule has 20 heavy (non-hydrogen) atoms. The molecule has 0 spiro atoms. The molecule has 2 aromatic rings. The number of para-hydroxylation sites is 1. The van der Waals surface area contributed by atoms with E-state index in [-0.39, 0.29) is 11.9 Å². The Morgan fingerprint density at radius 2 is 1.95 bits per heavy atom. The van der Waals surface area contributed by atoms with Crippen LogP contribution in [0, 0.1) is 0 Å². The Bertz CT molecular complexity index is 606. The molecular weight excluding hydrogens is 250 g/mol. The van der Waals surface area contributed by atoms with Crippen LogP contribution in [0.1, 0.15) is 37.2 Å². The molecule has 0 atom stereocenters. The van der Waals surface area contributed by atoms with Crippen molar-refractivity contribution in [3.8, 4) is 0 Å². The summed E-state index contributed by atoms with van der Waals surface area (Å²) < 4.78 is 0. The van der Waals surface area contributed by atoms with Crippen LogP contribution >= 0.6 is 0 Å². The summed E-state index contributed by atoms with van der Waals surface area (Å²) >= 11 is 0. The van der Waals surface area contributed by atoms with Gasteiger partial charge in [-0.15, -0.1) is 0 Å². The maximum absolute atomic E-state index is 12.3. The summed E-state index contributed by atoms with van der Waals surface area (Å²) in [6.45, 7) is 4.14. The molecule has 0 saturated heterocycles. The average Bonchev–Trinajstić information content (AvgIpc) is 2.51. The molecule has 4 nitrogen and oxygen atoms in total. The average molecular weight is 271 g/mol. The van der Waals surface area contributed by atoms with Gasteiger partial charge in [-0.1, -0.05) is 32.0 Å². The van der Waals surface area contributed by atoms with Crippen molar-refractivity contribution in [2.75, 3.05) is 12.4 Å². The second kappa shape index (κ2) is 6.37. The Morgan fingerprint density at radius 3 is 2.60 bits per heavy atom. The summed E-state index contributed by atoms with van der Waals surface area (Å²) in [7, 11) is 1.85.